The molecule has 14 heavy (non-hydrogen) atoms. The van der Waals surface area contributed by atoms with Crippen molar-refractivity contribution in [3.05, 3.63) is 21.9 Å². The number of hydrogen-bond acceptors (Lipinski definition) is 3. The number of carbonyl (C=O) groups is 2. The predicted octanol–water partition coefficient (Wildman–Crippen LogP) is 1.42. The van der Waals surface area contributed by atoms with E-state index in [1.807, 2.05) is 0 Å². The normalized spacial score (nSPS) is 9.86. The fourth-order valence-corrected chi connectivity index (χ4v) is 1.82. The molecule has 1 N–H and O–H groups in total. The zero-order chi connectivity index (χ0) is 10.7. The van der Waals surface area contributed by atoms with Crippen LogP contribution in [-0.4, -0.2) is 28.9 Å². The van der Waals surface area contributed by atoms with Crippen LogP contribution < -0.4 is 0 Å². The molecule has 0 aliphatic heterocycles. The Hall–Kier alpha value is -1.36. The molecule has 0 saturated carbocycles. The summed E-state index contributed by atoms with van der Waals surface area (Å²) in [6, 6.07) is 3.28. The summed E-state index contributed by atoms with van der Waals surface area (Å²) in [6.07, 6.45) is 0. The summed E-state index contributed by atoms with van der Waals surface area (Å²) in [5, 5.41) is 8.67. The molecule has 76 valence electrons. The number of thiophene rings is 1. The molecular formula is C9H11NO3S. The number of nitrogens with zero attached hydrogens (tertiary/aromatic N) is 1. The second-order valence-corrected chi connectivity index (χ2v) is 4.11. The smallest absolute Gasteiger partial charge is 0.345 e. The van der Waals surface area contributed by atoms with E-state index in [-0.39, 0.29) is 5.91 Å². The van der Waals surface area contributed by atoms with Crippen LogP contribution in [0, 0.1) is 0 Å². The monoisotopic (exact) mass is 213 g/mol. The fourth-order valence-electron chi connectivity index (χ4n) is 0.923. The summed E-state index contributed by atoms with van der Waals surface area (Å²) < 4.78 is 0. The van der Waals surface area contributed by atoms with Crippen molar-refractivity contribution in [3.8, 4) is 0 Å². The highest BCUT2D eigenvalue weighted by molar-refractivity contribution is 7.13. The maximum Gasteiger partial charge on any atom is 0.345 e. The van der Waals surface area contributed by atoms with Gasteiger partial charge in [0, 0.05) is 18.8 Å². The van der Waals surface area contributed by atoms with Crippen molar-refractivity contribution < 1.29 is 14.7 Å². The highest BCUT2D eigenvalue weighted by atomic mass is 32.1. The number of amides is 1. The summed E-state index contributed by atoms with van der Waals surface area (Å²) in [5.41, 5.74) is 0. The van der Waals surface area contributed by atoms with Gasteiger partial charge in [0.2, 0.25) is 5.91 Å². The summed E-state index contributed by atoms with van der Waals surface area (Å²) >= 11 is 1.19. The van der Waals surface area contributed by atoms with Gasteiger partial charge in [-0.15, -0.1) is 11.3 Å². The van der Waals surface area contributed by atoms with E-state index in [0.29, 0.717) is 11.4 Å². The molecule has 0 fully saturated rings. The van der Waals surface area contributed by atoms with Crippen LogP contribution in [-0.2, 0) is 11.3 Å². The zero-order valence-corrected chi connectivity index (χ0v) is 8.80. The number of carboxylic acid groups (broad SMARTS) is 1. The molecular weight excluding hydrogens is 202 g/mol. The first-order valence-electron chi connectivity index (χ1n) is 4.04. The molecule has 0 aliphatic carbocycles. The van der Waals surface area contributed by atoms with Crippen LogP contribution in [0.3, 0.4) is 0 Å². The molecule has 0 spiro atoms. The van der Waals surface area contributed by atoms with Gasteiger partial charge in [-0.25, -0.2) is 4.79 Å². The predicted molar refractivity (Wildman–Crippen MR) is 53.4 cm³/mol. The minimum atomic E-state index is -0.924. The number of rotatable bonds is 3. The molecule has 0 saturated heterocycles. The summed E-state index contributed by atoms with van der Waals surface area (Å²) in [7, 11) is 1.68. The molecule has 1 heterocycles. The molecule has 1 aromatic heterocycles. The molecule has 5 heteroatoms. The Balaban J connectivity index is 2.69. The average molecular weight is 213 g/mol. The van der Waals surface area contributed by atoms with E-state index in [9.17, 15) is 9.59 Å². The first-order valence-corrected chi connectivity index (χ1v) is 4.86. The Morgan fingerprint density at radius 1 is 1.50 bits per heavy atom. The first kappa shape index (κ1) is 10.7. The van der Waals surface area contributed by atoms with Crippen molar-refractivity contribution >= 4 is 23.2 Å². The van der Waals surface area contributed by atoms with Gasteiger partial charge in [0.25, 0.3) is 0 Å². The largest absolute Gasteiger partial charge is 0.477 e. The third-order valence-electron chi connectivity index (χ3n) is 1.80. The van der Waals surface area contributed by atoms with E-state index in [2.05, 4.69) is 0 Å². The molecule has 4 nitrogen and oxygen atoms in total. The van der Waals surface area contributed by atoms with E-state index in [0.717, 1.165) is 4.88 Å². The van der Waals surface area contributed by atoms with Crippen LogP contribution in [0.25, 0.3) is 0 Å². The van der Waals surface area contributed by atoms with Crippen molar-refractivity contribution in [2.24, 2.45) is 0 Å². The second-order valence-electron chi connectivity index (χ2n) is 2.95. The van der Waals surface area contributed by atoms with Crippen molar-refractivity contribution in [1.29, 1.82) is 0 Å². The molecule has 1 aromatic rings. The van der Waals surface area contributed by atoms with Gasteiger partial charge in [0.15, 0.2) is 0 Å². The lowest BCUT2D eigenvalue weighted by Crippen LogP contribution is -2.22. The Morgan fingerprint density at radius 2 is 2.14 bits per heavy atom. The maximum atomic E-state index is 10.9. The lowest BCUT2D eigenvalue weighted by Gasteiger charge is -2.12. The van der Waals surface area contributed by atoms with E-state index >= 15 is 0 Å². The van der Waals surface area contributed by atoms with Crippen LogP contribution >= 0.6 is 11.3 Å². The summed E-state index contributed by atoms with van der Waals surface area (Å²) in [6.45, 7) is 1.94. The third-order valence-corrected chi connectivity index (χ3v) is 2.86. The topological polar surface area (TPSA) is 57.6 Å². The molecule has 0 radical (unpaired) electrons. The number of carboxylic acids is 1. The van der Waals surface area contributed by atoms with Crippen molar-refractivity contribution in [3.63, 3.8) is 0 Å². The van der Waals surface area contributed by atoms with Crippen molar-refractivity contribution in [1.82, 2.24) is 4.90 Å². The van der Waals surface area contributed by atoms with Gasteiger partial charge in [-0.1, -0.05) is 0 Å². The molecule has 0 bridgehead atoms. The number of aromatic carboxylic acids is 1. The molecule has 0 unspecified atom stereocenters. The van der Waals surface area contributed by atoms with E-state index in [1.54, 1.807) is 19.2 Å². The third kappa shape index (κ3) is 2.56. The summed E-state index contributed by atoms with van der Waals surface area (Å²) in [4.78, 5) is 24.2. The van der Waals surface area contributed by atoms with Crippen LogP contribution in [0.1, 0.15) is 21.5 Å². The Morgan fingerprint density at radius 3 is 2.57 bits per heavy atom. The summed E-state index contributed by atoms with van der Waals surface area (Å²) in [5.74, 6) is -0.956. The second kappa shape index (κ2) is 4.23. The van der Waals surface area contributed by atoms with Crippen LogP contribution in [0.15, 0.2) is 12.1 Å². The SMILES string of the molecule is CC(=O)N(C)Cc1ccc(C(=O)O)s1. The number of hydrogen-bond donors (Lipinski definition) is 1. The Kier molecular flexibility index (Phi) is 3.24. The lowest BCUT2D eigenvalue weighted by molar-refractivity contribution is -0.128. The molecule has 1 amide bonds. The van der Waals surface area contributed by atoms with Gasteiger partial charge < -0.3 is 10.0 Å². The quantitative estimate of drug-likeness (QED) is 0.826. The molecule has 0 aromatic carbocycles. The molecule has 0 atom stereocenters. The Bertz CT molecular complexity index is 359. The minimum absolute atomic E-state index is 0.0322. The Labute approximate surface area is 85.8 Å². The van der Waals surface area contributed by atoms with Gasteiger partial charge in [-0.05, 0) is 12.1 Å². The van der Waals surface area contributed by atoms with E-state index < -0.39 is 5.97 Å². The minimum Gasteiger partial charge on any atom is -0.477 e. The van der Waals surface area contributed by atoms with E-state index in [1.165, 1.54) is 23.2 Å². The zero-order valence-electron chi connectivity index (χ0n) is 7.98. The molecule has 0 aliphatic rings. The first-order chi connectivity index (χ1) is 6.50. The molecule has 1 rings (SSSR count). The van der Waals surface area contributed by atoms with Gasteiger partial charge in [-0.2, -0.15) is 0 Å². The highest BCUT2D eigenvalue weighted by Crippen LogP contribution is 2.17. The number of carbonyl (C=O) groups excluding carboxylic acids is 1. The van der Waals surface area contributed by atoms with Crippen molar-refractivity contribution in [2.45, 2.75) is 13.5 Å². The van der Waals surface area contributed by atoms with Gasteiger partial charge in [0.05, 0.1) is 6.54 Å². The van der Waals surface area contributed by atoms with Crippen LogP contribution in [0.4, 0.5) is 0 Å². The average Bonchev–Trinajstić information content (AvgIpc) is 2.52. The van der Waals surface area contributed by atoms with Gasteiger partial charge in [0.1, 0.15) is 4.88 Å². The van der Waals surface area contributed by atoms with E-state index in [4.69, 9.17) is 5.11 Å². The lowest BCUT2D eigenvalue weighted by atomic mass is 10.4. The maximum absolute atomic E-state index is 10.9. The fraction of sp³-hybridized carbons (Fsp3) is 0.333. The van der Waals surface area contributed by atoms with Crippen LogP contribution in [0.5, 0.6) is 0 Å². The van der Waals surface area contributed by atoms with Gasteiger partial charge >= 0.3 is 5.97 Å². The van der Waals surface area contributed by atoms with Crippen molar-refractivity contribution in [2.75, 3.05) is 7.05 Å². The highest BCUT2D eigenvalue weighted by Gasteiger charge is 2.09. The van der Waals surface area contributed by atoms with Gasteiger partial charge in [-0.3, -0.25) is 4.79 Å². The van der Waals surface area contributed by atoms with Crippen LogP contribution in [0.2, 0.25) is 0 Å². The standard InChI is InChI=1S/C9H11NO3S/c1-6(11)10(2)5-7-3-4-8(14-7)9(12)13/h3-4H,5H2,1-2H3,(H,12,13).